The molecule has 118 valence electrons. The van der Waals surface area contributed by atoms with Gasteiger partial charge in [-0.2, -0.15) is 0 Å². The molecule has 0 amide bonds. The van der Waals surface area contributed by atoms with Crippen LogP contribution in [-0.2, 0) is 11.3 Å². The van der Waals surface area contributed by atoms with E-state index >= 15 is 0 Å². The topological polar surface area (TPSA) is 50.3 Å². The highest BCUT2D eigenvalue weighted by Crippen LogP contribution is 2.23. The average molecular weight is 292 g/mol. The molecular formula is C16H28N4O. The lowest BCUT2D eigenvalue weighted by Crippen LogP contribution is -2.33. The smallest absolute Gasteiger partial charge is 0.158 e. The quantitative estimate of drug-likeness (QED) is 0.837. The molecule has 0 unspecified atom stereocenters. The van der Waals surface area contributed by atoms with Crippen molar-refractivity contribution in [2.45, 2.75) is 46.6 Å². The van der Waals surface area contributed by atoms with Crippen LogP contribution in [0.5, 0.6) is 0 Å². The van der Waals surface area contributed by atoms with Crippen LogP contribution in [-0.4, -0.2) is 36.2 Å². The van der Waals surface area contributed by atoms with Gasteiger partial charge in [-0.05, 0) is 32.1 Å². The van der Waals surface area contributed by atoms with Crippen LogP contribution in [0, 0.1) is 5.92 Å². The molecule has 21 heavy (non-hydrogen) atoms. The average Bonchev–Trinajstić information content (AvgIpc) is 2.51. The summed E-state index contributed by atoms with van der Waals surface area (Å²) >= 11 is 0. The molecule has 0 aromatic carbocycles. The number of aromatic nitrogens is 2. The zero-order valence-electron chi connectivity index (χ0n) is 13.6. The van der Waals surface area contributed by atoms with E-state index in [0.717, 1.165) is 49.4 Å². The minimum Gasteiger partial charge on any atom is -0.374 e. The zero-order chi connectivity index (χ0) is 15.1. The normalized spacial score (nSPS) is 16.2. The number of nitrogens with one attached hydrogen (secondary N) is 1. The Morgan fingerprint density at radius 1 is 1.29 bits per heavy atom. The van der Waals surface area contributed by atoms with Crippen molar-refractivity contribution in [2.75, 3.05) is 36.5 Å². The molecule has 0 aliphatic carbocycles. The lowest BCUT2D eigenvalue weighted by molar-refractivity contribution is 0.128. The Balaban J connectivity index is 2.13. The van der Waals surface area contributed by atoms with Gasteiger partial charge in [0.2, 0.25) is 0 Å². The third-order valence-electron chi connectivity index (χ3n) is 3.86. The van der Waals surface area contributed by atoms with E-state index in [1.165, 1.54) is 12.8 Å². The molecule has 0 radical (unpaired) electrons. The third-order valence-corrected chi connectivity index (χ3v) is 3.86. The fourth-order valence-electron chi connectivity index (χ4n) is 2.48. The van der Waals surface area contributed by atoms with E-state index in [0.29, 0.717) is 13.2 Å². The summed E-state index contributed by atoms with van der Waals surface area (Å²) in [6.07, 6.45) is 3.56. The highest BCUT2D eigenvalue weighted by Gasteiger charge is 2.18. The van der Waals surface area contributed by atoms with E-state index in [2.05, 4.69) is 40.1 Å². The summed E-state index contributed by atoms with van der Waals surface area (Å²) in [6, 6.07) is 2.07. The minimum absolute atomic E-state index is 0.482. The Labute approximate surface area is 128 Å². The van der Waals surface area contributed by atoms with E-state index in [9.17, 15) is 0 Å². The molecule has 1 N–H and O–H groups in total. The number of hydrogen-bond donors (Lipinski definition) is 1. The summed E-state index contributed by atoms with van der Waals surface area (Å²) < 4.78 is 5.47. The minimum atomic E-state index is 0.482. The fraction of sp³-hybridized carbons (Fsp3) is 0.750. The van der Waals surface area contributed by atoms with Crippen LogP contribution in [0.3, 0.4) is 0 Å². The predicted molar refractivity (Wildman–Crippen MR) is 86.8 cm³/mol. The Hall–Kier alpha value is -1.36. The number of ether oxygens (including phenoxy) is 1. The number of rotatable bonds is 7. The van der Waals surface area contributed by atoms with E-state index in [1.807, 2.05) is 6.92 Å². The van der Waals surface area contributed by atoms with Gasteiger partial charge in [0.15, 0.2) is 5.82 Å². The second kappa shape index (κ2) is 8.17. The molecule has 1 aliphatic rings. The monoisotopic (exact) mass is 292 g/mol. The van der Waals surface area contributed by atoms with Gasteiger partial charge in [0.05, 0.1) is 0 Å². The van der Waals surface area contributed by atoms with Crippen molar-refractivity contribution in [3.63, 3.8) is 0 Å². The maximum atomic E-state index is 5.47. The standard InChI is InChI=1S/C16H28N4O/c1-4-8-17-14-11-16(19-15(18-14)12-21-5-2)20-9-6-13(3)7-10-20/h11,13H,4-10,12H2,1-3H3,(H,17,18,19). The van der Waals surface area contributed by atoms with Crippen LogP contribution in [0.4, 0.5) is 11.6 Å². The summed E-state index contributed by atoms with van der Waals surface area (Å²) in [5.74, 6) is 3.54. The van der Waals surface area contributed by atoms with Crippen molar-refractivity contribution in [1.82, 2.24) is 9.97 Å². The maximum absolute atomic E-state index is 5.47. The first kappa shape index (κ1) is 16.0. The first-order valence-electron chi connectivity index (χ1n) is 8.17. The molecule has 1 aliphatic heterocycles. The summed E-state index contributed by atoms with van der Waals surface area (Å²) in [5, 5.41) is 3.37. The molecule has 2 heterocycles. The SMILES string of the molecule is CCCNc1cc(N2CCC(C)CC2)nc(COCC)n1. The maximum Gasteiger partial charge on any atom is 0.158 e. The molecule has 2 rings (SSSR count). The van der Waals surface area contributed by atoms with E-state index in [-0.39, 0.29) is 0 Å². The van der Waals surface area contributed by atoms with Crippen LogP contribution in [0.15, 0.2) is 6.07 Å². The molecule has 1 saturated heterocycles. The summed E-state index contributed by atoms with van der Waals surface area (Å²) in [4.78, 5) is 11.6. The first-order chi connectivity index (χ1) is 10.2. The van der Waals surface area contributed by atoms with E-state index in [1.54, 1.807) is 0 Å². The third kappa shape index (κ3) is 4.84. The van der Waals surface area contributed by atoms with Gasteiger partial charge >= 0.3 is 0 Å². The number of anilines is 2. The zero-order valence-corrected chi connectivity index (χ0v) is 13.6. The Morgan fingerprint density at radius 3 is 2.71 bits per heavy atom. The van der Waals surface area contributed by atoms with Crippen LogP contribution in [0.1, 0.15) is 45.9 Å². The molecule has 5 heteroatoms. The van der Waals surface area contributed by atoms with Gasteiger partial charge < -0.3 is 15.0 Å². The van der Waals surface area contributed by atoms with Crippen molar-refractivity contribution < 1.29 is 4.74 Å². The molecule has 0 bridgehead atoms. The Kier molecular flexibility index (Phi) is 6.23. The van der Waals surface area contributed by atoms with Crippen LogP contribution < -0.4 is 10.2 Å². The molecule has 5 nitrogen and oxygen atoms in total. The highest BCUT2D eigenvalue weighted by atomic mass is 16.5. The van der Waals surface area contributed by atoms with Crippen molar-refractivity contribution >= 4 is 11.6 Å². The second-order valence-electron chi connectivity index (χ2n) is 5.76. The van der Waals surface area contributed by atoms with E-state index in [4.69, 9.17) is 4.74 Å². The van der Waals surface area contributed by atoms with Gasteiger partial charge in [0.25, 0.3) is 0 Å². The molecule has 1 fully saturated rings. The molecule has 1 aromatic heterocycles. The van der Waals surface area contributed by atoms with Crippen molar-refractivity contribution in [2.24, 2.45) is 5.92 Å². The molecule has 0 atom stereocenters. The van der Waals surface area contributed by atoms with Gasteiger partial charge in [0, 0.05) is 32.3 Å². The summed E-state index contributed by atoms with van der Waals surface area (Å²) in [5.41, 5.74) is 0. The van der Waals surface area contributed by atoms with Gasteiger partial charge in [-0.15, -0.1) is 0 Å². The molecule has 0 spiro atoms. The lowest BCUT2D eigenvalue weighted by Gasteiger charge is -2.31. The first-order valence-corrected chi connectivity index (χ1v) is 8.17. The largest absolute Gasteiger partial charge is 0.374 e. The van der Waals surface area contributed by atoms with Gasteiger partial charge in [-0.25, -0.2) is 9.97 Å². The van der Waals surface area contributed by atoms with Gasteiger partial charge in [-0.3, -0.25) is 0 Å². The van der Waals surface area contributed by atoms with Gasteiger partial charge in [-0.1, -0.05) is 13.8 Å². The molecular weight excluding hydrogens is 264 g/mol. The predicted octanol–water partition coefficient (Wildman–Crippen LogP) is 3.07. The number of hydrogen-bond acceptors (Lipinski definition) is 5. The van der Waals surface area contributed by atoms with E-state index < -0.39 is 0 Å². The van der Waals surface area contributed by atoms with Gasteiger partial charge in [0.1, 0.15) is 18.2 Å². The number of nitrogens with zero attached hydrogens (tertiary/aromatic N) is 3. The molecule has 1 aromatic rings. The van der Waals surface area contributed by atoms with Crippen molar-refractivity contribution in [3.8, 4) is 0 Å². The van der Waals surface area contributed by atoms with Crippen LogP contribution in [0.25, 0.3) is 0 Å². The summed E-state index contributed by atoms with van der Waals surface area (Å²) in [7, 11) is 0. The second-order valence-corrected chi connectivity index (χ2v) is 5.76. The molecule has 0 saturated carbocycles. The highest BCUT2D eigenvalue weighted by molar-refractivity contribution is 5.49. The Bertz CT molecular complexity index is 404. The lowest BCUT2D eigenvalue weighted by atomic mass is 9.99. The Morgan fingerprint density at radius 2 is 2.05 bits per heavy atom. The van der Waals surface area contributed by atoms with Crippen LogP contribution in [0.2, 0.25) is 0 Å². The van der Waals surface area contributed by atoms with Crippen molar-refractivity contribution in [1.29, 1.82) is 0 Å². The fourth-order valence-corrected chi connectivity index (χ4v) is 2.48. The van der Waals surface area contributed by atoms with Crippen LogP contribution >= 0.6 is 0 Å². The summed E-state index contributed by atoms with van der Waals surface area (Å²) in [6.45, 7) is 10.7. The van der Waals surface area contributed by atoms with Crippen molar-refractivity contribution in [3.05, 3.63) is 11.9 Å². The number of piperidine rings is 1.